The highest BCUT2D eigenvalue weighted by Gasteiger charge is 2.18. The van der Waals surface area contributed by atoms with Crippen LogP contribution in [0.15, 0.2) is 34.7 Å². The first-order valence-electron chi connectivity index (χ1n) is 7.38. The van der Waals surface area contributed by atoms with E-state index in [0.717, 1.165) is 43.8 Å². The number of aliphatic hydroxyl groups excluding tert-OH is 1. The van der Waals surface area contributed by atoms with E-state index >= 15 is 0 Å². The number of piperidine rings is 1. The van der Waals surface area contributed by atoms with Gasteiger partial charge in [0.1, 0.15) is 17.3 Å². The molecule has 3 rings (SSSR count). The maximum Gasteiger partial charge on any atom is 0.134 e. The van der Waals surface area contributed by atoms with Crippen molar-refractivity contribution < 1.29 is 13.9 Å². The topological polar surface area (TPSA) is 36.6 Å². The van der Waals surface area contributed by atoms with Gasteiger partial charge in [0, 0.05) is 18.7 Å². The minimum Gasteiger partial charge on any atom is -0.460 e. The summed E-state index contributed by atoms with van der Waals surface area (Å²) in [5.41, 5.74) is 1.41. The van der Waals surface area contributed by atoms with E-state index in [1.807, 2.05) is 18.2 Å². The number of benzene rings is 1. The molecule has 1 saturated heterocycles. The van der Waals surface area contributed by atoms with Crippen molar-refractivity contribution in [1.29, 1.82) is 0 Å². The van der Waals surface area contributed by atoms with Crippen LogP contribution in [0, 0.1) is 12.7 Å². The molecule has 0 bridgehead atoms. The number of furan rings is 1. The smallest absolute Gasteiger partial charge is 0.134 e. The zero-order chi connectivity index (χ0) is 14.8. The van der Waals surface area contributed by atoms with Crippen molar-refractivity contribution >= 4 is 0 Å². The maximum atomic E-state index is 13.6. The van der Waals surface area contributed by atoms with E-state index in [1.54, 1.807) is 13.0 Å². The van der Waals surface area contributed by atoms with Crippen LogP contribution in [0.2, 0.25) is 0 Å². The molecule has 0 radical (unpaired) electrons. The number of aliphatic hydroxyl groups is 1. The van der Waals surface area contributed by atoms with E-state index < -0.39 is 0 Å². The molecule has 1 aliphatic rings. The number of likely N-dealkylation sites (tertiary alicyclic amines) is 1. The second-order valence-corrected chi connectivity index (χ2v) is 5.69. The third kappa shape index (κ3) is 3.17. The minimum absolute atomic E-state index is 0.164. The summed E-state index contributed by atoms with van der Waals surface area (Å²) in [7, 11) is 0. The SMILES string of the molecule is Cc1c(F)cccc1-c1ccc(CN2CCC(O)CC2)o1. The maximum absolute atomic E-state index is 13.6. The summed E-state index contributed by atoms with van der Waals surface area (Å²) in [4.78, 5) is 2.27. The number of hydrogen-bond donors (Lipinski definition) is 1. The fourth-order valence-corrected chi connectivity index (χ4v) is 2.78. The van der Waals surface area contributed by atoms with Crippen LogP contribution in [0.25, 0.3) is 11.3 Å². The van der Waals surface area contributed by atoms with Gasteiger partial charge in [-0.1, -0.05) is 12.1 Å². The van der Waals surface area contributed by atoms with Crippen LogP contribution >= 0.6 is 0 Å². The van der Waals surface area contributed by atoms with Crippen molar-refractivity contribution in [1.82, 2.24) is 4.90 Å². The zero-order valence-electron chi connectivity index (χ0n) is 12.2. The van der Waals surface area contributed by atoms with Gasteiger partial charge in [0.25, 0.3) is 0 Å². The molecule has 1 aliphatic heterocycles. The van der Waals surface area contributed by atoms with Crippen LogP contribution in [0.1, 0.15) is 24.2 Å². The molecule has 0 amide bonds. The first-order chi connectivity index (χ1) is 10.1. The van der Waals surface area contributed by atoms with Crippen molar-refractivity contribution in [2.45, 2.75) is 32.4 Å². The van der Waals surface area contributed by atoms with Crippen LogP contribution in [-0.2, 0) is 6.54 Å². The summed E-state index contributed by atoms with van der Waals surface area (Å²) in [5.74, 6) is 1.37. The van der Waals surface area contributed by atoms with E-state index in [1.165, 1.54) is 6.07 Å². The average Bonchev–Trinajstić information content (AvgIpc) is 2.93. The van der Waals surface area contributed by atoms with Gasteiger partial charge in [-0.3, -0.25) is 4.90 Å². The van der Waals surface area contributed by atoms with Crippen molar-refractivity contribution in [2.75, 3.05) is 13.1 Å². The lowest BCUT2D eigenvalue weighted by Gasteiger charge is -2.28. The largest absolute Gasteiger partial charge is 0.460 e. The number of halogens is 1. The highest BCUT2D eigenvalue weighted by molar-refractivity contribution is 5.62. The molecular weight excluding hydrogens is 269 g/mol. The lowest BCUT2D eigenvalue weighted by Crippen LogP contribution is -2.35. The van der Waals surface area contributed by atoms with Gasteiger partial charge in [-0.25, -0.2) is 4.39 Å². The predicted octanol–water partition coefficient (Wildman–Crippen LogP) is 3.35. The second kappa shape index (κ2) is 6.00. The van der Waals surface area contributed by atoms with Gasteiger partial charge in [-0.15, -0.1) is 0 Å². The fourth-order valence-electron chi connectivity index (χ4n) is 2.78. The molecule has 3 nitrogen and oxygen atoms in total. The molecule has 1 aromatic carbocycles. The summed E-state index contributed by atoms with van der Waals surface area (Å²) in [6.45, 7) is 4.27. The Morgan fingerprint density at radius 1 is 1.24 bits per heavy atom. The van der Waals surface area contributed by atoms with Crippen LogP contribution in [-0.4, -0.2) is 29.2 Å². The highest BCUT2D eigenvalue weighted by atomic mass is 19.1. The van der Waals surface area contributed by atoms with E-state index in [4.69, 9.17) is 4.42 Å². The minimum atomic E-state index is -0.213. The molecule has 2 aromatic rings. The average molecular weight is 289 g/mol. The predicted molar refractivity (Wildman–Crippen MR) is 79.4 cm³/mol. The monoisotopic (exact) mass is 289 g/mol. The number of hydrogen-bond acceptors (Lipinski definition) is 3. The Labute approximate surface area is 124 Å². The third-order valence-electron chi connectivity index (χ3n) is 4.13. The van der Waals surface area contributed by atoms with Gasteiger partial charge in [-0.05, 0) is 43.5 Å². The molecule has 0 saturated carbocycles. The molecule has 2 heterocycles. The Morgan fingerprint density at radius 3 is 2.76 bits per heavy atom. The Hall–Kier alpha value is -1.65. The Kier molecular flexibility index (Phi) is 4.08. The third-order valence-corrected chi connectivity index (χ3v) is 4.13. The molecule has 0 aliphatic carbocycles. The number of rotatable bonds is 3. The fraction of sp³-hybridized carbons (Fsp3) is 0.412. The van der Waals surface area contributed by atoms with Gasteiger partial charge in [-0.2, -0.15) is 0 Å². The van der Waals surface area contributed by atoms with E-state index in [9.17, 15) is 9.50 Å². The van der Waals surface area contributed by atoms with E-state index in [2.05, 4.69) is 4.90 Å². The molecule has 0 atom stereocenters. The zero-order valence-corrected chi connectivity index (χ0v) is 12.2. The van der Waals surface area contributed by atoms with Crippen LogP contribution in [0.5, 0.6) is 0 Å². The van der Waals surface area contributed by atoms with Crippen LogP contribution < -0.4 is 0 Å². The molecular formula is C17H20FNO2. The number of nitrogens with zero attached hydrogens (tertiary/aromatic N) is 1. The summed E-state index contributed by atoms with van der Waals surface area (Å²) < 4.78 is 19.5. The second-order valence-electron chi connectivity index (χ2n) is 5.69. The molecule has 1 aromatic heterocycles. The standard InChI is InChI=1S/C17H20FNO2/c1-12-15(3-2-4-16(12)18)17-6-5-14(21-17)11-19-9-7-13(20)8-10-19/h2-6,13,20H,7-11H2,1H3. The van der Waals surface area contributed by atoms with Crippen molar-refractivity contribution in [3.05, 3.63) is 47.5 Å². The molecule has 1 fully saturated rings. The summed E-state index contributed by atoms with van der Waals surface area (Å²) >= 11 is 0. The summed E-state index contributed by atoms with van der Waals surface area (Å²) in [6.07, 6.45) is 1.47. The highest BCUT2D eigenvalue weighted by Crippen LogP contribution is 2.27. The molecule has 0 unspecified atom stereocenters. The van der Waals surface area contributed by atoms with Crippen molar-refractivity contribution in [2.24, 2.45) is 0 Å². The first-order valence-corrected chi connectivity index (χ1v) is 7.38. The molecule has 4 heteroatoms. The summed E-state index contributed by atoms with van der Waals surface area (Å²) in [6, 6.07) is 8.88. The van der Waals surface area contributed by atoms with E-state index in [-0.39, 0.29) is 11.9 Å². The molecule has 0 spiro atoms. The Bertz CT molecular complexity index is 615. The Morgan fingerprint density at radius 2 is 2.00 bits per heavy atom. The van der Waals surface area contributed by atoms with E-state index in [0.29, 0.717) is 11.3 Å². The van der Waals surface area contributed by atoms with Crippen LogP contribution in [0.3, 0.4) is 0 Å². The van der Waals surface area contributed by atoms with Crippen molar-refractivity contribution in [3.63, 3.8) is 0 Å². The van der Waals surface area contributed by atoms with Gasteiger partial charge < -0.3 is 9.52 Å². The van der Waals surface area contributed by atoms with Gasteiger partial charge >= 0.3 is 0 Å². The summed E-state index contributed by atoms with van der Waals surface area (Å²) in [5, 5.41) is 9.52. The normalized spacial score (nSPS) is 17.3. The van der Waals surface area contributed by atoms with Crippen LogP contribution in [0.4, 0.5) is 4.39 Å². The molecule has 112 valence electrons. The molecule has 1 N–H and O–H groups in total. The lowest BCUT2D eigenvalue weighted by atomic mass is 10.1. The molecule has 21 heavy (non-hydrogen) atoms. The lowest BCUT2D eigenvalue weighted by molar-refractivity contribution is 0.0761. The quantitative estimate of drug-likeness (QED) is 0.941. The van der Waals surface area contributed by atoms with Gasteiger partial charge in [0.15, 0.2) is 0 Å². The van der Waals surface area contributed by atoms with Gasteiger partial charge in [0.2, 0.25) is 0 Å². The van der Waals surface area contributed by atoms with Gasteiger partial charge in [0.05, 0.1) is 12.6 Å². The Balaban J connectivity index is 1.73. The van der Waals surface area contributed by atoms with Crippen molar-refractivity contribution in [3.8, 4) is 11.3 Å². The first kappa shape index (κ1) is 14.3.